The van der Waals surface area contributed by atoms with Crippen molar-refractivity contribution in [3.05, 3.63) is 59.7 Å². The Kier molecular flexibility index (Phi) is 7.41. The van der Waals surface area contributed by atoms with Gasteiger partial charge in [0.2, 0.25) is 5.91 Å². The monoisotopic (exact) mass is 271 g/mol. The minimum atomic E-state index is 0.0305. The molecular weight excluding hydrogens is 246 g/mol. The number of benzene rings is 1. The molecule has 0 heterocycles. The van der Waals surface area contributed by atoms with Crippen LogP contribution in [0.25, 0.3) is 0 Å². The molecule has 0 aliphatic carbocycles. The number of nitrogens with one attached hydrogen (secondary N) is 1. The molecule has 0 aliphatic heterocycles. The Morgan fingerprint density at radius 3 is 2.55 bits per heavy atom. The van der Waals surface area contributed by atoms with E-state index in [0.717, 1.165) is 12.8 Å². The standard InChI is InChI=1S/C18H25NO/c1-4-6-10-16(5-2)18(13-14-19-15(3)20)17-11-8-7-9-12-17/h5-12,18H,4,13-14H2,1-3H3,(H,19,20). The summed E-state index contributed by atoms with van der Waals surface area (Å²) >= 11 is 0. The third-order valence-electron chi connectivity index (χ3n) is 3.29. The van der Waals surface area contributed by atoms with Crippen LogP contribution in [0.5, 0.6) is 0 Å². The van der Waals surface area contributed by atoms with Gasteiger partial charge in [-0.2, -0.15) is 0 Å². The molecule has 20 heavy (non-hydrogen) atoms. The predicted molar refractivity (Wildman–Crippen MR) is 85.7 cm³/mol. The summed E-state index contributed by atoms with van der Waals surface area (Å²) < 4.78 is 0. The second kappa shape index (κ2) is 9.13. The lowest BCUT2D eigenvalue weighted by Gasteiger charge is -2.19. The smallest absolute Gasteiger partial charge is 0.216 e. The minimum Gasteiger partial charge on any atom is -0.356 e. The highest BCUT2D eigenvalue weighted by molar-refractivity contribution is 5.72. The van der Waals surface area contributed by atoms with Crippen molar-refractivity contribution < 1.29 is 4.79 Å². The van der Waals surface area contributed by atoms with Gasteiger partial charge in [-0.05, 0) is 30.9 Å². The fraction of sp³-hybridized carbons (Fsp3) is 0.389. The average molecular weight is 271 g/mol. The summed E-state index contributed by atoms with van der Waals surface area (Å²) in [6, 6.07) is 10.5. The van der Waals surface area contributed by atoms with Crippen molar-refractivity contribution in [2.45, 2.75) is 39.5 Å². The first-order chi connectivity index (χ1) is 9.69. The minimum absolute atomic E-state index is 0.0305. The van der Waals surface area contributed by atoms with E-state index in [4.69, 9.17) is 0 Å². The quantitative estimate of drug-likeness (QED) is 0.740. The van der Waals surface area contributed by atoms with Crippen molar-refractivity contribution in [3.8, 4) is 0 Å². The normalized spacial score (nSPS) is 13.4. The lowest BCUT2D eigenvalue weighted by molar-refractivity contribution is -0.118. The molecule has 1 amide bonds. The van der Waals surface area contributed by atoms with E-state index in [9.17, 15) is 4.79 Å². The number of allylic oxidation sites excluding steroid dienone is 4. The fourth-order valence-electron chi connectivity index (χ4n) is 2.27. The van der Waals surface area contributed by atoms with Gasteiger partial charge in [0.25, 0.3) is 0 Å². The maximum Gasteiger partial charge on any atom is 0.216 e. The summed E-state index contributed by atoms with van der Waals surface area (Å²) in [5, 5.41) is 2.89. The largest absolute Gasteiger partial charge is 0.356 e. The van der Waals surface area contributed by atoms with E-state index in [0.29, 0.717) is 12.5 Å². The van der Waals surface area contributed by atoms with Crippen LogP contribution in [-0.4, -0.2) is 12.5 Å². The van der Waals surface area contributed by atoms with E-state index >= 15 is 0 Å². The van der Waals surface area contributed by atoms with Gasteiger partial charge in [0.15, 0.2) is 0 Å². The summed E-state index contributed by atoms with van der Waals surface area (Å²) in [4.78, 5) is 11.0. The molecule has 0 spiro atoms. The van der Waals surface area contributed by atoms with Crippen molar-refractivity contribution in [3.63, 3.8) is 0 Å². The number of rotatable bonds is 7. The Hall–Kier alpha value is -1.83. The molecule has 108 valence electrons. The Bertz CT molecular complexity index is 460. The van der Waals surface area contributed by atoms with Gasteiger partial charge in [0.05, 0.1) is 0 Å². The van der Waals surface area contributed by atoms with Crippen LogP contribution in [0.15, 0.2) is 54.1 Å². The topological polar surface area (TPSA) is 29.1 Å². The SMILES string of the molecule is CC=C(C=CCC)C(CCNC(C)=O)c1ccccc1. The zero-order chi connectivity index (χ0) is 14.8. The maximum atomic E-state index is 11.0. The van der Waals surface area contributed by atoms with E-state index in [1.54, 1.807) is 6.92 Å². The lowest BCUT2D eigenvalue weighted by Crippen LogP contribution is -2.22. The molecule has 0 bridgehead atoms. The van der Waals surface area contributed by atoms with E-state index < -0.39 is 0 Å². The second-order valence-corrected chi connectivity index (χ2v) is 4.83. The van der Waals surface area contributed by atoms with Gasteiger partial charge in [0.1, 0.15) is 0 Å². The Morgan fingerprint density at radius 2 is 2.00 bits per heavy atom. The lowest BCUT2D eigenvalue weighted by atomic mass is 9.87. The molecule has 0 aliphatic rings. The molecule has 0 radical (unpaired) electrons. The highest BCUT2D eigenvalue weighted by atomic mass is 16.1. The van der Waals surface area contributed by atoms with Gasteiger partial charge in [-0.1, -0.05) is 55.5 Å². The average Bonchev–Trinajstić information content (AvgIpc) is 2.46. The molecular formula is C18H25NO. The van der Waals surface area contributed by atoms with Crippen LogP contribution in [0.1, 0.15) is 45.1 Å². The van der Waals surface area contributed by atoms with Crippen LogP contribution < -0.4 is 5.32 Å². The van der Waals surface area contributed by atoms with Crippen molar-refractivity contribution in [2.24, 2.45) is 0 Å². The van der Waals surface area contributed by atoms with Crippen LogP contribution >= 0.6 is 0 Å². The molecule has 0 saturated carbocycles. The summed E-state index contributed by atoms with van der Waals surface area (Å²) in [7, 11) is 0. The molecule has 0 fully saturated rings. The highest BCUT2D eigenvalue weighted by Gasteiger charge is 2.14. The van der Waals surface area contributed by atoms with Crippen molar-refractivity contribution >= 4 is 5.91 Å². The van der Waals surface area contributed by atoms with Gasteiger partial charge in [-0.3, -0.25) is 4.79 Å². The molecule has 1 rings (SSSR count). The zero-order valence-electron chi connectivity index (χ0n) is 12.7. The number of amides is 1. The fourth-order valence-corrected chi connectivity index (χ4v) is 2.27. The van der Waals surface area contributed by atoms with Crippen LogP contribution in [0.3, 0.4) is 0 Å². The van der Waals surface area contributed by atoms with Crippen molar-refractivity contribution in [1.82, 2.24) is 5.32 Å². The third kappa shape index (κ3) is 5.43. The van der Waals surface area contributed by atoms with Gasteiger partial charge in [-0.25, -0.2) is 0 Å². The first kappa shape index (κ1) is 16.2. The molecule has 1 aromatic carbocycles. The number of hydrogen-bond donors (Lipinski definition) is 1. The van der Waals surface area contributed by atoms with E-state index in [1.165, 1.54) is 11.1 Å². The summed E-state index contributed by atoms with van der Waals surface area (Å²) in [6.07, 6.45) is 8.49. The zero-order valence-corrected chi connectivity index (χ0v) is 12.7. The molecule has 0 aromatic heterocycles. The van der Waals surface area contributed by atoms with Crippen LogP contribution in [0.4, 0.5) is 0 Å². The van der Waals surface area contributed by atoms with Crippen LogP contribution in [-0.2, 0) is 4.79 Å². The highest BCUT2D eigenvalue weighted by Crippen LogP contribution is 2.28. The molecule has 1 aromatic rings. The van der Waals surface area contributed by atoms with Crippen molar-refractivity contribution in [2.75, 3.05) is 6.54 Å². The van der Waals surface area contributed by atoms with Crippen LogP contribution in [0.2, 0.25) is 0 Å². The molecule has 2 heteroatoms. The van der Waals surface area contributed by atoms with Crippen LogP contribution in [0, 0.1) is 0 Å². The molecule has 1 unspecified atom stereocenters. The summed E-state index contributed by atoms with van der Waals surface area (Å²) in [5.41, 5.74) is 2.61. The number of carbonyl (C=O) groups excluding carboxylic acids is 1. The van der Waals surface area contributed by atoms with Gasteiger partial charge in [-0.15, -0.1) is 0 Å². The van der Waals surface area contributed by atoms with Gasteiger partial charge >= 0.3 is 0 Å². The van der Waals surface area contributed by atoms with Gasteiger partial charge in [0, 0.05) is 19.4 Å². The molecule has 1 N–H and O–H groups in total. The first-order valence-corrected chi connectivity index (χ1v) is 7.31. The Balaban J connectivity index is 2.89. The summed E-state index contributed by atoms with van der Waals surface area (Å²) in [5.74, 6) is 0.360. The first-order valence-electron chi connectivity index (χ1n) is 7.31. The Labute approximate surface area is 122 Å². The van der Waals surface area contributed by atoms with E-state index in [2.05, 4.69) is 61.7 Å². The molecule has 0 saturated heterocycles. The number of hydrogen-bond acceptors (Lipinski definition) is 1. The van der Waals surface area contributed by atoms with Crippen molar-refractivity contribution in [1.29, 1.82) is 0 Å². The predicted octanol–water partition coefficient (Wildman–Crippen LogP) is 4.21. The van der Waals surface area contributed by atoms with E-state index in [1.807, 2.05) is 6.07 Å². The molecule has 2 nitrogen and oxygen atoms in total. The Morgan fingerprint density at radius 1 is 1.30 bits per heavy atom. The number of carbonyl (C=O) groups is 1. The molecule has 1 atom stereocenters. The maximum absolute atomic E-state index is 11.0. The second-order valence-electron chi connectivity index (χ2n) is 4.83. The third-order valence-corrected chi connectivity index (χ3v) is 3.29. The van der Waals surface area contributed by atoms with E-state index in [-0.39, 0.29) is 5.91 Å². The summed E-state index contributed by atoms with van der Waals surface area (Å²) in [6.45, 7) is 6.47. The van der Waals surface area contributed by atoms with Gasteiger partial charge < -0.3 is 5.32 Å².